The molecule has 2 aromatic rings. The number of carbonyl (C=O) groups is 1. The van der Waals surface area contributed by atoms with Gasteiger partial charge in [-0.3, -0.25) is 0 Å². The normalized spacial score (nSPS) is 13.7. The van der Waals surface area contributed by atoms with E-state index in [1.54, 1.807) is 17.8 Å². The molecule has 1 aromatic carbocycles. The van der Waals surface area contributed by atoms with Crippen molar-refractivity contribution in [2.45, 2.75) is 17.1 Å². The van der Waals surface area contributed by atoms with Crippen molar-refractivity contribution in [2.75, 3.05) is 13.2 Å². The van der Waals surface area contributed by atoms with E-state index < -0.39 is 5.97 Å². The molecule has 0 fully saturated rings. The van der Waals surface area contributed by atoms with Crippen LogP contribution in [0.4, 0.5) is 0 Å². The summed E-state index contributed by atoms with van der Waals surface area (Å²) in [5.74, 6) is 1.62. The summed E-state index contributed by atoms with van der Waals surface area (Å²) in [6.45, 7) is 1.32. The first-order valence-corrected chi connectivity index (χ1v) is 7.55. The molecule has 6 heteroatoms. The van der Waals surface area contributed by atoms with Gasteiger partial charge < -0.3 is 19.0 Å². The smallest absolute Gasteiger partial charge is 0.371 e. The van der Waals surface area contributed by atoms with Gasteiger partial charge in [0.05, 0.1) is 19.0 Å². The van der Waals surface area contributed by atoms with Crippen LogP contribution in [0.5, 0.6) is 11.5 Å². The van der Waals surface area contributed by atoms with Crippen LogP contribution >= 0.6 is 11.8 Å². The van der Waals surface area contributed by atoms with Gasteiger partial charge in [-0.15, -0.1) is 11.8 Å². The second-order valence-electron chi connectivity index (χ2n) is 4.52. The summed E-state index contributed by atoms with van der Waals surface area (Å²) in [6, 6.07) is 8.94. The number of thioether (sulfide) groups is 1. The Kier molecular flexibility index (Phi) is 4.06. The first-order chi connectivity index (χ1) is 10.2. The van der Waals surface area contributed by atoms with Crippen molar-refractivity contribution in [3.05, 3.63) is 41.9 Å². The van der Waals surface area contributed by atoms with E-state index in [0.29, 0.717) is 24.7 Å². The van der Waals surface area contributed by atoms with Crippen LogP contribution in [0.2, 0.25) is 0 Å². The van der Waals surface area contributed by atoms with E-state index in [1.165, 1.54) is 6.07 Å². The molecule has 1 N–H and O–H groups in total. The third-order valence-electron chi connectivity index (χ3n) is 2.97. The number of rotatable bonds is 4. The Balaban J connectivity index is 1.67. The van der Waals surface area contributed by atoms with Crippen molar-refractivity contribution in [3.8, 4) is 11.5 Å². The molecule has 3 rings (SSSR count). The Morgan fingerprint density at radius 2 is 1.95 bits per heavy atom. The highest BCUT2D eigenvalue weighted by Crippen LogP contribution is 2.35. The Morgan fingerprint density at radius 3 is 2.71 bits per heavy atom. The third kappa shape index (κ3) is 3.33. The lowest BCUT2D eigenvalue weighted by Gasteiger charge is -2.08. The highest BCUT2D eigenvalue weighted by atomic mass is 32.2. The second-order valence-corrected chi connectivity index (χ2v) is 5.57. The zero-order chi connectivity index (χ0) is 14.7. The molecule has 0 unspecified atom stereocenters. The first kappa shape index (κ1) is 13.9. The largest absolute Gasteiger partial charge is 0.490 e. The maximum absolute atomic E-state index is 10.8. The van der Waals surface area contributed by atoms with E-state index in [9.17, 15) is 4.79 Å². The van der Waals surface area contributed by atoms with Gasteiger partial charge in [0, 0.05) is 11.3 Å². The number of furan rings is 1. The molecule has 110 valence electrons. The molecule has 5 nitrogen and oxygen atoms in total. The lowest BCUT2D eigenvalue weighted by atomic mass is 10.3. The SMILES string of the molecule is O=C(O)c1ccc(CSc2ccc3c(c2)OCCCO3)o1. The van der Waals surface area contributed by atoms with E-state index in [1.807, 2.05) is 18.2 Å². The van der Waals surface area contributed by atoms with Gasteiger partial charge in [-0.1, -0.05) is 0 Å². The summed E-state index contributed by atoms with van der Waals surface area (Å²) in [5.41, 5.74) is 0. The summed E-state index contributed by atoms with van der Waals surface area (Å²) in [5, 5.41) is 8.81. The van der Waals surface area contributed by atoms with Crippen molar-refractivity contribution in [3.63, 3.8) is 0 Å². The highest BCUT2D eigenvalue weighted by molar-refractivity contribution is 7.98. The van der Waals surface area contributed by atoms with Crippen LogP contribution in [0.1, 0.15) is 22.7 Å². The number of carboxylic acids is 1. The van der Waals surface area contributed by atoms with Crippen LogP contribution in [0.3, 0.4) is 0 Å². The Bertz CT molecular complexity index is 649. The predicted molar refractivity (Wildman–Crippen MR) is 77.3 cm³/mol. The van der Waals surface area contributed by atoms with Gasteiger partial charge in [0.2, 0.25) is 5.76 Å². The summed E-state index contributed by atoms with van der Waals surface area (Å²) >= 11 is 1.56. The quantitative estimate of drug-likeness (QED) is 0.873. The van der Waals surface area contributed by atoms with Crippen LogP contribution < -0.4 is 9.47 Å². The molecule has 1 aliphatic heterocycles. The number of benzene rings is 1. The maximum atomic E-state index is 10.8. The van der Waals surface area contributed by atoms with Crippen molar-refractivity contribution in [1.29, 1.82) is 0 Å². The fraction of sp³-hybridized carbons (Fsp3) is 0.267. The fourth-order valence-corrected chi connectivity index (χ4v) is 2.78. The number of carboxylic acid groups (broad SMARTS) is 1. The molecule has 0 bridgehead atoms. The lowest BCUT2D eigenvalue weighted by Crippen LogP contribution is -1.97. The van der Waals surface area contributed by atoms with Gasteiger partial charge in [0.15, 0.2) is 11.5 Å². The van der Waals surface area contributed by atoms with Gasteiger partial charge in [0.1, 0.15) is 5.76 Å². The molecule has 0 radical (unpaired) electrons. The van der Waals surface area contributed by atoms with Gasteiger partial charge >= 0.3 is 5.97 Å². The molecule has 0 atom stereocenters. The van der Waals surface area contributed by atoms with Crippen LogP contribution in [-0.4, -0.2) is 24.3 Å². The molecule has 0 spiro atoms. The summed E-state index contributed by atoms with van der Waals surface area (Å²) in [6.07, 6.45) is 0.877. The zero-order valence-corrected chi connectivity index (χ0v) is 12.0. The van der Waals surface area contributed by atoms with E-state index in [2.05, 4.69) is 0 Å². The molecule has 0 saturated carbocycles. The van der Waals surface area contributed by atoms with Crippen LogP contribution in [-0.2, 0) is 5.75 Å². The predicted octanol–water partition coefficient (Wildman–Crippen LogP) is 3.43. The van der Waals surface area contributed by atoms with Crippen molar-refractivity contribution >= 4 is 17.7 Å². The molecule has 1 aliphatic rings. The molecule has 0 aliphatic carbocycles. The van der Waals surface area contributed by atoms with E-state index >= 15 is 0 Å². The molecule has 0 saturated heterocycles. The van der Waals surface area contributed by atoms with E-state index in [4.69, 9.17) is 19.0 Å². The minimum absolute atomic E-state index is 0.0377. The fourth-order valence-electron chi connectivity index (χ4n) is 1.96. The summed E-state index contributed by atoms with van der Waals surface area (Å²) in [7, 11) is 0. The molecule has 21 heavy (non-hydrogen) atoms. The number of hydrogen-bond donors (Lipinski definition) is 1. The number of aromatic carboxylic acids is 1. The van der Waals surface area contributed by atoms with Crippen LogP contribution in [0, 0.1) is 0 Å². The first-order valence-electron chi connectivity index (χ1n) is 6.57. The highest BCUT2D eigenvalue weighted by Gasteiger charge is 2.12. The molecule has 0 amide bonds. The molecular weight excluding hydrogens is 292 g/mol. The zero-order valence-electron chi connectivity index (χ0n) is 11.2. The summed E-state index contributed by atoms with van der Waals surface area (Å²) < 4.78 is 16.4. The van der Waals surface area contributed by atoms with Gasteiger partial charge in [-0.2, -0.15) is 0 Å². The van der Waals surface area contributed by atoms with Crippen LogP contribution in [0.25, 0.3) is 0 Å². The standard InChI is InChI=1S/C15H14O5S/c16-15(17)13-4-2-10(20-13)9-21-11-3-5-12-14(8-11)19-7-1-6-18-12/h2-5,8H,1,6-7,9H2,(H,16,17). The molecule has 2 heterocycles. The van der Waals surface area contributed by atoms with Crippen molar-refractivity contribution in [2.24, 2.45) is 0 Å². The van der Waals surface area contributed by atoms with Crippen LogP contribution in [0.15, 0.2) is 39.6 Å². The van der Waals surface area contributed by atoms with E-state index in [0.717, 1.165) is 22.8 Å². The molecular formula is C15H14O5S. The Hall–Kier alpha value is -2.08. The second kappa shape index (κ2) is 6.13. The monoisotopic (exact) mass is 306 g/mol. The van der Waals surface area contributed by atoms with Crippen molar-refractivity contribution in [1.82, 2.24) is 0 Å². The van der Waals surface area contributed by atoms with Crippen molar-refractivity contribution < 1.29 is 23.8 Å². The van der Waals surface area contributed by atoms with Gasteiger partial charge in [-0.25, -0.2) is 4.79 Å². The molecule has 1 aromatic heterocycles. The van der Waals surface area contributed by atoms with E-state index in [-0.39, 0.29) is 5.76 Å². The number of hydrogen-bond acceptors (Lipinski definition) is 5. The summed E-state index contributed by atoms with van der Waals surface area (Å²) in [4.78, 5) is 11.8. The lowest BCUT2D eigenvalue weighted by molar-refractivity contribution is 0.0661. The maximum Gasteiger partial charge on any atom is 0.371 e. The number of ether oxygens (including phenoxy) is 2. The topological polar surface area (TPSA) is 68.9 Å². The number of fused-ring (bicyclic) bond motifs is 1. The Morgan fingerprint density at radius 1 is 1.14 bits per heavy atom. The minimum Gasteiger partial charge on any atom is -0.490 e. The average molecular weight is 306 g/mol. The Labute approximate surface area is 125 Å². The third-order valence-corrected chi connectivity index (χ3v) is 3.99. The van der Waals surface area contributed by atoms with Gasteiger partial charge in [-0.05, 0) is 30.3 Å². The average Bonchev–Trinajstić information content (AvgIpc) is 2.84. The van der Waals surface area contributed by atoms with Gasteiger partial charge in [0.25, 0.3) is 0 Å². The minimum atomic E-state index is -1.05.